The SMILES string of the molecule is COc1ccc(C)cc1NC(=O)C(=O)NCC1(c2ccc(OC)c(OC)c2)CCCC1. The first kappa shape index (κ1) is 22.5. The maximum atomic E-state index is 12.6. The summed E-state index contributed by atoms with van der Waals surface area (Å²) in [6, 6.07) is 11.3. The first-order valence-electron chi connectivity index (χ1n) is 10.4. The minimum Gasteiger partial charge on any atom is -0.495 e. The molecule has 0 aromatic heterocycles. The van der Waals surface area contributed by atoms with E-state index >= 15 is 0 Å². The Kier molecular flexibility index (Phi) is 7.05. The second-order valence-electron chi connectivity index (χ2n) is 7.90. The Morgan fingerprint density at radius 3 is 2.16 bits per heavy atom. The van der Waals surface area contributed by atoms with Crippen LogP contribution in [0.25, 0.3) is 0 Å². The monoisotopic (exact) mass is 426 g/mol. The van der Waals surface area contributed by atoms with Gasteiger partial charge in [-0.05, 0) is 55.2 Å². The highest BCUT2D eigenvalue weighted by atomic mass is 16.5. The van der Waals surface area contributed by atoms with Crippen LogP contribution in [0.1, 0.15) is 36.8 Å². The maximum absolute atomic E-state index is 12.6. The van der Waals surface area contributed by atoms with Crippen molar-refractivity contribution in [2.75, 3.05) is 33.2 Å². The zero-order chi connectivity index (χ0) is 22.4. The summed E-state index contributed by atoms with van der Waals surface area (Å²) in [6.45, 7) is 2.28. The number of aryl methyl sites for hydroxylation is 1. The molecule has 0 saturated heterocycles. The topological polar surface area (TPSA) is 85.9 Å². The standard InChI is InChI=1S/C24H30N2O5/c1-16-7-9-19(29-2)18(13-16)26-23(28)22(27)25-15-24(11-5-6-12-24)17-8-10-20(30-3)21(14-17)31-4/h7-10,13-14H,5-6,11-12,15H2,1-4H3,(H,25,27)(H,26,28). The van der Waals surface area contributed by atoms with Crippen molar-refractivity contribution in [1.29, 1.82) is 0 Å². The van der Waals surface area contributed by atoms with Crippen LogP contribution in [-0.2, 0) is 15.0 Å². The van der Waals surface area contributed by atoms with Crippen molar-refractivity contribution in [3.63, 3.8) is 0 Å². The van der Waals surface area contributed by atoms with E-state index in [1.807, 2.05) is 31.2 Å². The van der Waals surface area contributed by atoms with Crippen molar-refractivity contribution in [2.45, 2.75) is 38.0 Å². The fraction of sp³-hybridized carbons (Fsp3) is 0.417. The lowest BCUT2D eigenvalue weighted by atomic mass is 9.78. The van der Waals surface area contributed by atoms with Gasteiger partial charge < -0.3 is 24.8 Å². The Morgan fingerprint density at radius 1 is 0.871 bits per heavy atom. The summed E-state index contributed by atoms with van der Waals surface area (Å²) in [5.74, 6) is 0.431. The van der Waals surface area contributed by atoms with Crippen molar-refractivity contribution in [2.24, 2.45) is 0 Å². The molecular weight excluding hydrogens is 396 g/mol. The largest absolute Gasteiger partial charge is 0.495 e. The molecule has 3 rings (SSSR count). The zero-order valence-corrected chi connectivity index (χ0v) is 18.5. The summed E-state index contributed by atoms with van der Waals surface area (Å²) in [7, 11) is 4.73. The van der Waals surface area contributed by atoms with E-state index in [2.05, 4.69) is 10.6 Å². The number of hydrogen-bond acceptors (Lipinski definition) is 5. The summed E-state index contributed by atoms with van der Waals surface area (Å²) >= 11 is 0. The fourth-order valence-electron chi connectivity index (χ4n) is 4.21. The van der Waals surface area contributed by atoms with E-state index in [0.29, 0.717) is 29.5 Å². The minimum atomic E-state index is -0.718. The van der Waals surface area contributed by atoms with Gasteiger partial charge in [-0.25, -0.2) is 0 Å². The third-order valence-corrected chi connectivity index (χ3v) is 5.95. The number of methoxy groups -OCH3 is 3. The lowest BCUT2D eigenvalue weighted by Crippen LogP contribution is -2.43. The molecule has 2 aromatic rings. The number of carbonyl (C=O) groups is 2. The number of nitrogens with one attached hydrogen (secondary N) is 2. The van der Waals surface area contributed by atoms with E-state index in [9.17, 15) is 9.59 Å². The van der Waals surface area contributed by atoms with E-state index in [1.54, 1.807) is 26.4 Å². The van der Waals surface area contributed by atoms with E-state index in [1.165, 1.54) is 7.11 Å². The maximum Gasteiger partial charge on any atom is 0.313 e. The van der Waals surface area contributed by atoms with Gasteiger partial charge in [0.05, 0.1) is 27.0 Å². The Balaban J connectivity index is 1.72. The molecule has 1 saturated carbocycles. The lowest BCUT2D eigenvalue weighted by Gasteiger charge is -2.30. The smallest absolute Gasteiger partial charge is 0.313 e. The van der Waals surface area contributed by atoms with Crippen LogP contribution in [0.4, 0.5) is 5.69 Å². The Bertz CT molecular complexity index is 951. The second kappa shape index (κ2) is 9.73. The van der Waals surface area contributed by atoms with Crippen molar-refractivity contribution >= 4 is 17.5 Å². The molecule has 7 nitrogen and oxygen atoms in total. The highest BCUT2D eigenvalue weighted by molar-refractivity contribution is 6.39. The van der Waals surface area contributed by atoms with Crippen LogP contribution in [0, 0.1) is 6.92 Å². The van der Waals surface area contributed by atoms with Crippen LogP contribution in [0.3, 0.4) is 0 Å². The third kappa shape index (κ3) is 4.93. The number of benzene rings is 2. The Morgan fingerprint density at radius 2 is 1.52 bits per heavy atom. The lowest BCUT2D eigenvalue weighted by molar-refractivity contribution is -0.136. The van der Waals surface area contributed by atoms with Crippen molar-refractivity contribution < 1.29 is 23.8 Å². The molecule has 0 aliphatic heterocycles. The molecule has 1 aliphatic rings. The van der Waals surface area contributed by atoms with Crippen LogP contribution in [0.15, 0.2) is 36.4 Å². The highest BCUT2D eigenvalue weighted by Gasteiger charge is 2.37. The molecular formula is C24H30N2O5. The molecule has 0 unspecified atom stereocenters. The van der Waals surface area contributed by atoms with E-state index in [-0.39, 0.29) is 5.41 Å². The molecule has 0 atom stereocenters. The quantitative estimate of drug-likeness (QED) is 0.661. The van der Waals surface area contributed by atoms with Gasteiger partial charge in [0.1, 0.15) is 5.75 Å². The second-order valence-corrected chi connectivity index (χ2v) is 7.90. The molecule has 1 fully saturated rings. The summed E-state index contributed by atoms with van der Waals surface area (Å²) in [5, 5.41) is 5.49. The molecule has 0 heterocycles. The first-order chi connectivity index (χ1) is 14.9. The Hall–Kier alpha value is -3.22. The number of ether oxygens (including phenoxy) is 3. The molecule has 2 amide bonds. The average Bonchev–Trinajstić information content (AvgIpc) is 3.27. The molecule has 0 spiro atoms. The molecule has 7 heteroatoms. The number of rotatable bonds is 7. The predicted molar refractivity (Wildman–Crippen MR) is 119 cm³/mol. The van der Waals surface area contributed by atoms with Gasteiger partial charge in [0.25, 0.3) is 0 Å². The van der Waals surface area contributed by atoms with Crippen molar-refractivity contribution in [3.05, 3.63) is 47.5 Å². The van der Waals surface area contributed by atoms with Crippen LogP contribution in [-0.4, -0.2) is 39.7 Å². The average molecular weight is 427 g/mol. The molecule has 166 valence electrons. The first-order valence-corrected chi connectivity index (χ1v) is 10.4. The normalized spacial score (nSPS) is 14.6. The highest BCUT2D eigenvalue weighted by Crippen LogP contribution is 2.43. The van der Waals surface area contributed by atoms with Gasteiger partial charge in [-0.3, -0.25) is 9.59 Å². The number of anilines is 1. The van der Waals surface area contributed by atoms with Crippen molar-refractivity contribution in [1.82, 2.24) is 5.32 Å². The van der Waals surface area contributed by atoms with Crippen LogP contribution >= 0.6 is 0 Å². The van der Waals surface area contributed by atoms with E-state index in [0.717, 1.165) is 36.8 Å². The zero-order valence-electron chi connectivity index (χ0n) is 18.5. The molecule has 1 aliphatic carbocycles. The van der Waals surface area contributed by atoms with Gasteiger partial charge in [0.15, 0.2) is 11.5 Å². The van der Waals surface area contributed by atoms with Gasteiger partial charge in [-0.2, -0.15) is 0 Å². The van der Waals surface area contributed by atoms with Gasteiger partial charge in [-0.1, -0.05) is 25.0 Å². The molecule has 2 aromatic carbocycles. The molecule has 2 N–H and O–H groups in total. The van der Waals surface area contributed by atoms with Gasteiger partial charge in [-0.15, -0.1) is 0 Å². The van der Waals surface area contributed by atoms with Crippen LogP contribution < -0.4 is 24.8 Å². The van der Waals surface area contributed by atoms with Gasteiger partial charge in [0.2, 0.25) is 0 Å². The fourth-order valence-corrected chi connectivity index (χ4v) is 4.21. The summed E-state index contributed by atoms with van der Waals surface area (Å²) in [4.78, 5) is 25.1. The summed E-state index contributed by atoms with van der Waals surface area (Å²) < 4.78 is 16.1. The number of amides is 2. The number of carbonyl (C=O) groups excluding carboxylic acids is 2. The van der Waals surface area contributed by atoms with Gasteiger partial charge in [0, 0.05) is 12.0 Å². The predicted octanol–water partition coefficient (Wildman–Crippen LogP) is 3.59. The van der Waals surface area contributed by atoms with Crippen molar-refractivity contribution in [3.8, 4) is 17.2 Å². The van der Waals surface area contributed by atoms with Crippen LogP contribution in [0.2, 0.25) is 0 Å². The van der Waals surface area contributed by atoms with Crippen LogP contribution in [0.5, 0.6) is 17.2 Å². The molecule has 0 radical (unpaired) electrons. The third-order valence-electron chi connectivity index (χ3n) is 5.95. The van der Waals surface area contributed by atoms with E-state index in [4.69, 9.17) is 14.2 Å². The minimum absolute atomic E-state index is 0.240. The molecule has 0 bridgehead atoms. The van der Waals surface area contributed by atoms with Gasteiger partial charge >= 0.3 is 11.8 Å². The summed E-state index contributed by atoms with van der Waals surface area (Å²) in [5.41, 5.74) is 2.26. The molecule has 31 heavy (non-hydrogen) atoms. The number of hydrogen-bond donors (Lipinski definition) is 2. The van der Waals surface area contributed by atoms with E-state index < -0.39 is 11.8 Å². The summed E-state index contributed by atoms with van der Waals surface area (Å²) in [6.07, 6.45) is 3.99. The Labute approximate surface area is 183 Å².